The SMILES string of the molecule is Cc1ccc(F)c(NCc2ccccn2)c1F. The number of hydrogen-bond acceptors (Lipinski definition) is 2. The second kappa shape index (κ2) is 4.91. The zero-order chi connectivity index (χ0) is 12.3. The number of nitrogens with one attached hydrogen (secondary N) is 1. The lowest BCUT2D eigenvalue weighted by Gasteiger charge is -2.09. The van der Waals surface area contributed by atoms with E-state index in [-0.39, 0.29) is 12.2 Å². The van der Waals surface area contributed by atoms with Crippen LogP contribution >= 0.6 is 0 Å². The molecule has 0 atom stereocenters. The van der Waals surface area contributed by atoms with Crippen LogP contribution in [0.4, 0.5) is 14.5 Å². The minimum atomic E-state index is -0.593. The van der Waals surface area contributed by atoms with Crippen LogP contribution in [0.25, 0.3) is 0 Å². The first-order valence-corrected chi connectivity index (χ1v) is 5.27. The predicted octanol–water partition coefficient (Wildman–Crippen LogP) is 3.28. The minimum Gasteiger partial charge on any atom is -0.375 e. The molecule has 0 aliphatic rings. The minimum absolute atomic E-state index is 0.101. The number of aryl methyl sites for hydroxylation is 1. The van der Waals surface area contributed by atoms with Crippen LogP contribution in [0.3, 0.4) is 0 Å². The van der Waals surface area contributed by atoms with Crippen LogP contribution in [0.2, 0.25) is 0 Å². The van der Waals surface area contributed by atoms with Crippen molar-refractivity contribution in [2.75, 3.05) is 5.32 Å². The van der Waals surface area contributed by atoms with Gasteiger partial charge in [0.15, 0.2) is 5.82 Å². The first-order valence-electron chi connectivity index (χ1n) is 5.27. The molecular formula is C13H12F2N2. The molecule has 1 heterocycles. The summed E-state index contributed by atoms with van der Waals surface area (Å²) >= 11 is 0. The summed E-state index contributed by atoms with van der Waals surface area (Å²) in [6, 6.07) is 8.07. The smallest absolute Gasteiger partial charge is 0.152 e. The number of pyridine rings is 1. The molecule has 2 aromatic rings. The van der Waals surface area contributed by atoms with Crippen molar-refractivity contribution in [2.24, 2.45) is 0 Å². The number of hydrogen-bond donors (Lipinski definition) is 1. The molecule has 0 saturated heterocycles. The summed E-state index contributed by atoms with van der Waals surface area (Å²) in [4.78, 5) is 4.07. The summed E-state index contributed by atoms with van der Waals surface area (Å²) in [7, 11) is 0. The Bertz CT molecular complexity index is 512. The molecule has 0 spiro atoms. The van der Waals surface area contributed by atoms with E-state index in [0.29, 0.717) is 5.56 Å². The molecule has 1 aromatic carbocycles. The summed E-state index contributed by atoms with van der Waals surface area (Å²) in [5.41, 5.74) is 1.04. The van der Waals surface area contributed by atoms with Crippen LogP contribution in [0.1, 0.15) is 11.3 Å². The number of aromatic nitrogens is 1. The van der Waals surface area contributed by atoms with Crippen molar-refractivity contribution in [3.8, 4) is 0 Å². The predicted molar refractivity (Wildman–Crippen MR) is 62.7 cm³/mol. The Morgan fingerprint density at radius 1 is 1.18 bits per heavy atom. The highest BCUT2D eigenvalue weighted by atomic mass is 19.1. The molecule has 0 saturated carbocycles. The van der Waals surface area contributed by atoms with Gasteiger partial charge in [-0.25, -0.2) is 8.78 Å². The Hall–Kier alpha value is -1.97. The quantitative estimate of drug-likeness (QED) is 0.881. The Morgan fingerprint density at radius 3 is 2.71 bits per heavy atom. The van der Waals surface area contributed by atoms with Crippen molar-refractivity contribution in [3.05, 3.63) is 59.4 Å². The van der Waals surface area contributed by atoms with Crippen LogP contribution < -0.4 is 5.32 Å². The third kappa shape index (κ3) is 2.58. The normalized spacial score (nSPS) is 10.3. The molecule has 0 amide bonds. The van der Waals surface area contributed by atoms with E-state index in [1.54, 1.807) is 25.3 Å². The topological polar surface area (TPSA) is 24.9 Å². The van der Waals surface area contributed by atoms with E-state index in [1.807, 2.05) is 6.07 Å². The average Bonchev–Trinajstić information content (AvgIpc) is 2.35. The second-order valence-electron chi connectivity index (χ2n) is 3.73. The highest BCUT2D eigenvalue weighted by Crippen LogP contribution is 2.21. The van der Waals surface area contributed by atoms with E-state index in [4.69, 9.17) is 0 Å². The first kappa shape index (κ1) is 11.5. The number of anilines is 1. The van der Waals surface area contributed by atoms with Crippen LogP contribution in [0.5, 0.6) is 0 Å². The van der Waals surface area contributed by atoms with E-state index in [2.05, 4.69) is 10.3 Å². The fourth-order valence-electron chi connectivity index (χ4n) is 1.50. The van der Waals surface area contributed by atoms with Gasteiger partial charge in [0.1, 0.15) is 11.5 Å². The zero-order valence-corrected chi connectivity index (χ0v) is 9.37. The molecule has 1 aromatic heterocycles. The molecule has 1 N–H and O–H groups in total. The zero-order valence-electron chi connectivity index (χ0n) is 9.37. The summed E-state index contributed by atoms with van der Waals surface area (Å²) in [6.07, 6.45) is 1.64. The van der Waals surface area contributed by atoms with Gasteiger partial charge in [-0.1, -0.05) is 12.1 Å². The number of benzene rings is 1. The maximum atomic E-state index is 13.6. The highest BCUT2D eigenvalue weighted by Gasteiger charge is 2.10. The third-order valence-corrected chi connectivity index (χ3v) is 2.46. The lowest BCUT2D eigenvalue weighted by Crippen LogP contribution is -2.06. The molecular weight excluding hydrogens is 222 g/mol. The van der Waals surface area contributed by atoms with Crippen LogP contribution in [-0.4, -0.2) is 4.98 Å². The van der Waals surface area contributed by atoms with Crippen LogP contribution in [0.15, 0.2) is 36.5 Å². The summed E-state index contributed by atoms with van der Waals surface area (Å²) in [5, 5.41) is 2.73. The molecule has 0 bridgehead atoms. The van der Waals surface area contributed by atoms with Gasteiger partial charge < -0.3 is 5.32 Å². The highest BCUT2D eigenvalue weighted by molar-refractivity contribution is 5.49. The third-order valence-electron chi connectivity index (χ3n) is 2.46. The maximum absolute atomic E-state index is 13.6. The Balaban J connectivity index is 2.17. The van der Waals surface area contributed by atoms with E-state index in [9.17, 15) is 8.78 Å². The van der Waals surface area contributed by atoms with E-state index < -0.39 is 11.6 Å². The number of rotatable bonds is 3. The summed E-state index contributed by atoms with van der Waals surface area (Å²) in [6.45, 7) is 1.89. The molecule has 0 radical (unpaired) electrons. The molecule has 17 heavy (non-hydrogen) atoms. The molecule has 0 aliphatic carbocycles. The first-order chi connectivity index (χ1) is 8.18. The van der Waals surface area contributed by atoms with Crippen molar-refractivity contribution in [1.82, 2.24) is 4.98 Å². The molecule has 0 fully saturated rings. The van der Waals surface area contributed by atoms with Crippen molar-refractivity contribution in [2.45, 2.75) is 13.5 Å². The number of halogens is 2. The van der Waals surface area contributed by atoms with Gasteiger partial charge >= 0.3 is 0 Å². The van der Waals surface area contributed by atoms with Crippen molar-refractivity contribution in [1.29, 1.82) is 0 Å². The van der Waals surface area contributed by atoms with Crippen molar-refractivity contribution >= 4 is 5.69 Å². The monoisotopic (exact) mass is 234 g/mol. The van der Waals surface area contributed by atoms with Gasteiger partial charge in [-0.2, -0.15) is 0 Å². The van der Waals surface area contributed by atoms with Gasteiger partial charge in [-0.05, 0) is 30.7 Å². The van der Waals surface area contributed by atoms with Gasteiger partial charge in [0.2, 0.25) is 0 Å². The van der Waals surface area contributed by atoms with Gasteiger partial charge in [-0.3, -0.25) is 4.98 Å². The fraction of sp³-hybridized carbons (Fsp3) is 0.154. The lowest BCUT2D eigenvalue weighted by atomic mass is 10.2. The fourth-order valence-corrected chi connectivity index (χ4v) is 1.50. The maximum Gasteiger partial charge on any atom is 0.152 e. The standard InChI is InChI=1S/C13H12F2N2/c1-9-5-6-11(14)13(12(9)15)17-8-10-4-2-3-7-16-10/h2-7,17H,8H2,1H3. The van der Waals surface area contributed by atoms with Gasteiger partial charge in [0, 0.05) is 6.20 Å². The van der Waals surface area contributed by atoms with E-state index in [0.717, 1.165) is 5.69 Å². The van der Waals surface area contributed by atoms with Crippen LogP contribution in [0, 0.1) is 18.6 Å². The number of nitrogens with zero attached hydrogens (tertiary/aromatic N) is 1. The average molecular weight is 234 g/mol. The van der Waals surface area contributed by atoms with Crippen molar-refractivity contribution in [3.63, 3.8) is 0 Å². The van der Waals surface area contributed by atoms with E-state index in [1.165, 1.54) is 12.1 Å². The molecule has 0 aliphatic heterocycles. The molecule has 2 rings (SSSR count). The van der Waals surface area contributed by atoms with Gasteiger partial charge in [0.05, 0.1) is 12.2 Å². The molecule has 88 valence electrons. The summed E-state index contributed by atoms with van der Waals surface area (Å²) in [5.74, 6) is -1.15. The second-order valence-corrected chi connectivity index (χ2v) is 3.73. The van der Waals surface area contributed by atoms with Gasteiger partial charge in [-0.15, -0.1) is 0 Å². The molecule has 2 nitrogen and oxygen atoms in total. The Morgan fingerprint density at radius 2 is 2.00 bits per heavy atom. The van der Waals surface area contributed by atoms with Crippen LogP contribution in [-0.2, 0) is 6.54 Å². The molecule has 4 heteroatoms. The largest absolute Gasteiger partial charge is 0.375 e. The Kier molecular flexibility index (Phi) is 3.32. The van der Waals surface area contributed by atoms with Crippen molar-refractivity contribution < 1.29 is 8.78 Å². The summed E-state index contributed by atoms with van der Waals surface area (Å²) < 4.78 is 27.1. The van der Waals surface area contributed by atoms with Gasteiger partial charge in [0.25, 0.3) is 0 Å². The molecule has 0 unspecified atom stereocenters. The lowest BCUT2D eigenvalue weighted by molar-refractivity contribution is 0.582. The Labute approximate surface area is 98.3 Å². The van der Waals surface area contributed by atoms with E-state index >= 15 is 0 Å².